The number of allylic oxidation sites excluding steroid dienone is 2. The zero-order chi connectivity index (χ0) is 7.23. The monoisotopic (exact) mass is 158 g/mol. The van der Waals surface area contributed by atoms with E-state index in [1.54, 1.807) is 0 Å². The quantitative estimate of drug-likeness (QED) is 0.679. The first kappa shape index (κ1) is 8.15. The van der Waals surface area contributed by atoms with Crippen LogP contribution in [0.2, 0.25) is 0 Å². The third-order valence-electron chi connectivity index (χ3n) is 1.63. The van der Waals surface area contributed by atoms with Crippen molar-refractivity contribution in [3.05, 3.63) is 11.0 Å². The summed E-state index contributed by atoms with van der Waals surface area (Å²) in [4.78, 5) is 1.49. The molecule has 0 fully saturated rings. The van der Waals surface area contributed by atoms with Gasteiger partial charge in [0.05, 0.1) is 6.61 Å². The maximum absolute atomic E-state index is 8.55. The number of hydrogen-bond acceptors (Lipinski definition) is 2. The summed E-state index contributed by atoms with van der Waals surface area (Å²) in [5.74, 6) is 0.867. The molecule has 0 amide bonds. The first-order chi connectivity index (χ1) is 4.93. The lowest BCUT2D eigenvalue weighted by atomic mass is 10.1. The Balaban J connectivity index is 2.18. The number of aliphatic hydroxyl groups excluding tert-OH is 1. The largest absolute Gasteiger partial charge is 0.396 e. The fourth-order valence-electron chi connectivity index (χ4n) is 1.12. The van der Waals surface area contributed by atoms with Crippen LogP contribution in [0.25, 0.3) is 0 Å². The molecule has 0 spiro atoms. The highest BCUT2D eigenvalue weighted by Gasteiger charge is 2.02. The standard InChI is InChI=1S/C8H14OS/c9-6-7-10-8-4-2-1-3-5-8/h4,9H,1-3,5-7H2. The summed E-state index contributed by atoms with van der Waals surface area (Å²) in [5.41, 5.74) is 0. The van der Waals surface area contributed by atoms with Crippen LogP contribution in [-0.2, 0) is 0 Å². The molecule has 1 aliphatic carbocycles. The summed E-state index contributed by atoms with van der Waals surface area (Å²) in [6.07, 6.45) is 7.48. The average molecular weight is 158 g/mol. The van der Waals surface area contributed by atoms with Gasteiger partial charge in [-0.05, 0) is 30.6 Å². The van der Waals surface area contributed by atoms with E-state index in [4.69, 9.17) is 5.11 Å². The van der Waals surface area contributed by atoms with E-state index in [2.05, 4.69) is 6.08 Å². The minimum atomic E-state index is 0.308. The van der Waals surface area contributed by atoms with E-state index in [0.717, 1.165) is 5.75 Å². The van der Waals surface area contributed by atoms with Crippen LogP contribution in [0.3, 0.4) is 0 Å². The van der Waals surface area contributed by atoms with Crippen molar-refractivity contribution in [2.24, 2.45) is 0 Å². The molecule has 0 radical (unpaired) electrons. The molecule has 0 unspecified atom stereocenters. The van der Waals surface area contributed by atoms with Gasteiger partial charge in [-0.25, -0.2) is 0 Å². The molecule has 1 aliphatic rings. The van der Waals surface area contributed by atoms with E-state index < -0.39 is 0 Å². The van der Waals surface area contributed by atoms with Gasteiger partial charge < -0.3 is 5.11 Å². The van der Waals surface area contributed by atoms with Gasteiger partial charge in [-0.1, -0.05) is 6.08 Å². The Morgan fingerprint density at radius 2 is 2.40 bits per heavy atom. The topological polar surface area (TPSA) is 20.2 Å². The van der Waals surface area contributed by atoms with Crippen molar-refractivity contribution in [2.75, 3.05) is 12.4 Å². The molecular formula is C8H14OS. The second kappa shape index (κ2) is 4.80. The van der Waals surface area contributed by atoms with E-state index in [1.165, 1.54) is 30.6 Å². The molecule has 1 N–H and O–H groups in total. The Morgan fingerprint density at radius 1 is 1.50 bits per heavy atom. The zero-order valence-electron chi connectivity index (χ0n) is 6.18. The molecule has 58 valence electrons. The molecule has 0 aromatic carbocycles. The van der Waals surface area contributed by atoms with Crippen molar-refractivity contribution in [2.45, 2.75) is 25.7 Å². The normalized spacial score (nSPS) is 18.7. The van der Waals surface area contributed by atoms with Gasteiger partial charge in [0.25, 0.3) is 0 Å². The summed E-state index contributed by atoms with van der Waals surface area (Å²) in [6.45, 7) is 0.308. The molecule has 0 atom stereocenters. The maximum Gasteiger partial charge on any atom is 0.0525 e. The Kier molecular flexibility index (Phi) is 3.91. The molecule has 0 heterocycles. The molecule has 0 bridgehead atoms. The van der Waals surface area contributed by atoms with Gasteiger partial charge in [-0.3, -0.25) is 0 Å². The predicted octanol–water partition coefficient (Wildman–Crippen LogP) is 2.17. The number of rotatable bonds is 3. The third-order valence-corrected chi connectivity index (χ3v) is 2.76. The number of aliphatic hydroxyl groups is 1. The maximum atomic E-state index is 8.55. The van der Waals surface area contributed by atoms with Crippen LogP contribution >= 0.6 is 11.8 Å². The van der Waals surface area contributed by atoms with Crippen molar-refractivity contribution in [3.63, 3.8) is 0 Å². The fourth-order valence-corrected chi connectivity index (χ4v) is 1.99. The molecule has 0 aromatic heterocycles. The summed E-state index contributed by atoms with van der Waals surface area (Å²) in [5, 5.41) is 8.55. The van der Waals surface area contributed by atoms with Crippen LogP contribution in [0.5, 0.6) is 0 Å². The third kappa shape index (κ3) is 2.76. The second-order valence-electron chi connectivity index (χ2n) is 2.49. The highest BCUT2D eigenvalue weighted by atomic mass is 32.2. The molecule has 0 saturated heterocycles. The van der Waals surface area contributed by atoms with Crippen molar-refractivity contribution >= 4 is 11.8 Å². The van der Waals surface area contributed by atoms with Gasteiger partial charge >= 0.3 is 0 Å². The van der Waals surface area contributed by atoms with E-state index in [0.29, 0.717) is 6.61 Å². The van der Waals surface area contributed by atoms with E-state index >= 15 is 0 Å². The lowest BCUT2D eigenvalue weighted by Crippen LogP contribution is -1.91. The van der Waals surface area contributed by atoms with E-state index in [-0.39, 0.29) is 0 Å². The summed E-state index contributed by atoms with van der Waals surface area (Å²) >= 11 is 1.81. The second-order valence-corrected chi connectivity index (χ2v) is 3.71. The lowest BCUT2D eigenvalue weighted by Gasteiger charge is -2.10. The molecule has 1 nitrogen and oxygen atoms in total. The zero-order valence-corrected chi connectivity index (χ0v) is 6.99. The van der Waals surface area contributed by atoms with Crippen LogP contribution in [0, 0.1) is 0 Å². The SMILES string of the molecule is OCCSC1=CCCCC1. The van der Waals surface area contributed by atoms with Crippen molar-refractivity contribution in [1.82, 2.24) is 0 Å². The minimum absolute atomic E-state index is 0.308. The molecule has 10 heavy (non-hydrogen) atoms. The summed E-state index contributed by atoms with van der Waals surface area (Å²) < 4.78 is 0. The fraction of sp³-hybridized carbons (Fsp3) is 0.750. The van der Waals surface area contributed by atoms with Gasteiger partial charge in [0.15, 0.2) is 0 Å². The van der Waals surface area contributed by atoms with Crippen molar-refractivity contribution in [3.8, 4) is 0 Å². The van der Waals surface area contributed by atoms with Crippen LogP contribution in [-0.4, -0.2) is 17.5 Å². The van der Waals surface area contributed by atoms with Gasteiger partial charge in [-0.15, -0.1) is 11.8 Å². The van der Waals surface area contributed by atoms with Crippen LogP contribution in [0.4, 0.5) is 0 Å². The predicted molar refractivity (Wildman–Crippen MR) is 46.1 cm³/mol. The summed E-state index contributed by atoms with van der Waals surface area (Å²) in [7, 11) is 0. The smallest absolute Gasteiger partial charge is 0.0525 e. The highest BCUT2D eigenvalue weighted by molar-refractivity contribution is 8.03. The first-order valence-corrected chi connectivity index (χ1v) is 4.85. The summed E-state index contributed by atoms with van der Waals surface area (Å²) in [6, 6.07) is 0. The van der Waals surface area contributed by atoms with Crippen molar-refractivity contribution in [1.29, 1.82) is 0 Å². The number of hydrogen-bond donors (Lipinski definition) is 1. The van der Waals surface area contributed by atoms with Crippen LogP contribution in [0.15, 0.2) is 11.0 Å². The molecule has 0 aromatic rings. The van der Waals surface area contributed by atoms with Gasteiger partial charge in [0, 0.05) is 5.75 Å². The van der Waals surface area contributed by atoms with Gasteiger partial charge in [0.2, 0.25) is 0 Å². The molecule has 0 aliphatic heterocycles. The highest BCUT2D eigenvalue weighted by Crippen LogP contribution is 2.26. The molecular weight excluding hydrogens is 144 g/mol. The van der Waals surface area contributed by atoms with E-state index in [1.807, 2.05) is 11.8 Å². The Bertz CT molecular complexity index is 120. The molecule has 2 heteroatoms. The van der Waals surface area contributed by atoms with Gasteiger partial charge in [-0.2, -0.15) is 0 Å². The minimum Gasteiger partial charge on any atom is -0.396 e. The Hall–Kier alpha value is 0.0500. The Labute approximate surface area is 66.5 Å². The van der Waals surface area contributed by atoms with Gasteiger partial charge in [0.1, 0.15) is 0 Å². The first-order valence-electron chi connectivity index (χ1n) is 3.86. The Morgan fingerprint density at radius 3 is 3.00 bits per heavy atom. The lowest BCUT2D eigenvalue weighted by molar-refractivity contribution is 0.322. The molecule has 1 rings (SSSR count). The number of thioether (sulfide) groups is 1. The van der Waals surface area contributed by atoms with E-state index in [9.17, 15) is 0 Å². The van der Waals surface area contributed by atoms with Crippen LogP contribution in [0.1, 0.15) is 25.7 Å². The van der Waals surface area contributed by atoms with Crippen LogP contribution < -0.4 is 0 Å². The molecule has 0 saturated carbocycles. The van der Waals surface area contributed by atoms with Crippen molar-refractivity contribution < 1.29 is 5.11 Å². The average Bonchev–Trinajstić information content (AvgIpc) is 2.03.